The summed E-state index contributed by atoms with van der Waals surface area (Å²) in [5.74, 6) is 2.95. The fourth-order valence-corrected chi connectivity index (χ4v) is 7.33. The summed E-state index contributed by atoms with van der Waals surface area (Å²) in [6.45, 7) is 6.37. The molecule has 4 aliphatic carbocycles. The average molecular weight is 314 g/mol. The number of ketones is 2. The van der Waals surface area contributed by atoms with E-state index in [-0.39, 0.29) is 22.7 Å². The number of rotatable bonds is 1. The molecule has 0 aromatic rings. The number of allylic oxidation sites excluding steroid dienone is 2. The summed E-state index contributed by atoms with van der Waals surface area (Å²) >= 11 is 0. The van der Waals surface area contributed by atoms with Crippen molar-refractivity contribution in [2.45, 2.75) is 65.7 Å². The van der Waals surface area contributed by atoms with Gasteiger partial charge in [0, 0.05) is 18.3 Å². The molecule has 23 heavy (non-hydrogen) atoms. The van der Waals surface area contributed by atoms with Gasteiger partial charge in [0.05, 0.1) is 0 Å². The Morgan fingerprint density at radius 2 is 1.87 bits per heavy atom. The van der Waals surface area contributed by atoms with E-state index in [1.165, 1.54) is 12.8 Å². The van der Waals surface area contributed by atoms with Crippen molar-refractivity contribution in [3.05, 3.63) is 12.2 Å². The molecule has 0 saturated heterocycles. The second-order valence-corrected chi connectivity index (χ2v) is 9.33. The largest absolute Gasteiger partial charge is 0.300 e. The van der Waals surface area contributed by atoms with Crippen LogP contribution in [0.3, 0.4) is 0 Å². The molecule has 6 unspecified atom stereocenters. The Hall–Kier alpha value is -0.920. The van der Waals surface area contributed by atoms with Gasteiger partial charge in [-0.2, -0.15) is 0 Å². The van der Waals surface area contributed by atoms with E-state index in [1.807, 2.05) is 0 Å². The third-order valence-electron chi connectivity index (χ3n) is 8.38. The van der Waals surface area contributed by atoms with Crippen LogP contribution in [0.1, 0.15) is 65.7 Å². The zero-order valence-electron chi connectivity index (χ0n) is 14.8. The van der Waals surface area contributed by atoms with Gasteiger partial charge in [-0.1, -0.05) is 26.0 Å². The van der Waals surface area contributed by atoms with Crippen molar-refractivity contribution < 1.29 is 9.59 Å². The molecule has 126 valence electrons. The first-order valence-electron chi connectivity index (χ1n) is 9.56. The van der Waals surface area contributed by atoms with Crippen molar-refractivity contribution in [1.29, 1.82) is 0 Å². The van der Waals surface area contributed by atoms with Gasteiger partial charge in [-0.15, -0.1) is 0 Å². The molecular weight excluding hydrogens is 284 g/mol. The van der Waals surface area contributed by atoms with Gasteiger partial charge in [0.15, 0.2) is 0 Å². The zero-order chi connectivity index (χ0) is 16.4. The van der Waals surface area contributed by atoms with E-state index >= 15 is 0 Å². The maximum Gasteiger partial charge on any atom is 0.137 e. The molecule has 0 aromatic carbocycles. The summed E-state index contributed by atoms with van der Waals surface area (Å²) in [6.07, 6.45) is 12.2. The number of hydrogen-bond donors (Lipinski definition) is 0. The van der Waals surface area contributed by atoms with Crippen molar-refractivity contribution in [2.75, 3.05) is 0 Å². The molecule has 4 rings (SSSR count). The lowest BCUT2D eigenvalue weighted by Crippen LogP contribution is -2.56. The molecule has 0 heterocycles. The van der Waals surface area contributed by atoms with E-state index in [2.05, 4.69) is 26.0 Å². The highest BCUT2D eigenvalue weighted by atomic mass is 16.1. The Kier molecular flexibility index (Phi) is 3.42. The van der Waals surface area contributed by atoms with E-state index in [0.717, 1.165) is 25.7 Å². The quantitative estimate of drug-likeness (QED) is 0.664. The lowest BCUT2D eigenvalue weighted by molar-refractivity contribution is -0.155. The Labute approximate surface area is 140 Å². The molecule has 0 amide bonds. The Morgan fingerprint density at radius 1 is 1.09 bits per heavy atom. The van der Waals surface area contributed by atoms with E-state index in [9.17, 15) is 9.59 Å². The minimum atomic E-state index is -0.0578. The second-order valence-electron chi connectivity index (χ2n) is 9.33. The maximum atomic E-state index is 13.3. The number of hydrogen-bond acceptors (Lipinski definition) is 2. The predicted molar refractivity (Wildman–Crippen MR) is 90.8 cm³/mol. The van der Waals surface area contributed by atoms with Crippen LogP contribution in [0, 0.1) is 40.4 Å². The maximum absolute atomic E-state index is 13.3. The number of carbonyl (C=O) groups is 2. The SMILES string of the molecule is CC(=O)C1CCC2C3CC[C@H]4CC=CCC4(C)C3C(=O)CC12C. The van der Waals surface area contributed by atoms with Gasteiger partial charge >= 0.3 is 0 Å². The van der Waals surface area contributed by atoms with Crippen LogP contribution in [0.25, 0.3) is 0 Å². The van der Waals surface area contributed by atoms with Crippen LogP contribution in [0.15, 0.2) is 12.2 Å². The minimum absolute atomic E-state index is 0.0578. The fourth-order valence-electron chi connectivity index (χ4n) is 7.33. The van der Waals surface area contributed by atoms with Gasteiger partial charge in [0.25, 0.3) is 0 Å². The molecule has 2 nitrogen and oxygen atoms in total. The first kappa shape index (κ1) is 15.6. The summed E-state index contributed by atoms with van der Waals surface area (Å²) < 4.78 is 0. The van der Waals surface area contributed by atoms with Gasteiger partial charge in [0.2, 0.25) is 0 Å². The lowest BCUT2D eigenvalue weighted by Gasteiger charge is -2.58. The van der Waals surface area contributed by atoms with Crippen LogP contribution in [-0.4, -0.2) is 11.6 Å². The standard InChI is InChI=1S/C21H30O2/c1-13(22)16-9-10-17-15-8-7-14-6-4-5-11-20(14,2)19(15)18(23)12-21(16,17)3/h4-5,14-17,19H,6-12H2,1-3H3/t14-,15?,16?,17?,19?,20?,21?/m1/s1. The van der Waals surface area contributed by atoms with E-state index < -0.39 is 0 Å². The van der Waals surface area contributed by atoms with Crippen molar-refractivity contribution in [3.8, 4) is 0 Å². The monoisotopic (exact) mass is 314 g/mol. The third kappa shape index (κ3) is 1.99. The average Bonchev–Trinajstić information content (AvgIpc) is 2.82. The van der Waals surface area contributed by atoms with Crippen molar-refractivity contribution in [2.24, 2.45) is 40.4 Å². The first-order valence-corrected chi connectivity index (χ1v) is 9.56. The van der Waals surface area contributed by atoms with Gasteiger partial charge in [-0.25, -0.2) is 0 Å². The van der Waals surface area contributed by atoms with E-state index in [1.54, 1.807) is 6.92 Å². The molecule has 3 fully saturated rings. The lowest BCUT2D eigenvalue weighted by atomic mass is 9.45. The highest BCUT2D eigenvalue weighted by molar-refractivity contribution is 5.87. The second kappa shape index (κ2) is 5.04. The van der Waals surface area contributed by atoms with Gasteiger partial charge in [-0.3, -0.25) is 9.59 Å². The summed E-state index contributed by atoms with van der Waals surface area (Å²) in [4.78, 5) is 25.4. The number of carbonyl (C=O) groups excluding carboxylic acids is 2. The Morgan fingerprint density at radius 3 is 2.61 bits per heavy atom. The van der Waals surface area contributed by atoms with Crippen LogP contribution < -0.4 is 0 Å². The summed E-state index contributed by atoms with van der Waals surface area (Å²) in [6, 6.07) is 0. The molecule has 0 radical (unpaired) electrons. The normalized spacial score (nSPS) is 51.8. The third-order valence-corrected chi connectivity index (χ3v) is 8.38. The van der Waals surface area contributed by atoms with Crippen molar-refractivity contribution in [1.82, 2.24) is 0 Å². The fraction of sp³-hybridized carbons (Fsp3) is 0.810. The Bertz CT molecular complexity index is 576. The van der Waals surface area contributed by atoms with E-state index in [4.69, 9.17) is 0 Å². The van der Waals surface area contributed by atoms with Crippen LogP contribution in [0.5, 0.6) is 0 Å². The molecule has 0 bridgehead atoms. The molecule has 0 aromatic heterocycles. The molecule has 0 N–H and O–H groups in total. The van der Waals surface area contributed by atoms with Crippen molar-refractivity contribution >= 4 is 11.6 Å². The molecule has 4 aliphatic rings. The topological polar surface area (TPSA) is 34.1 Å². The number of fused-ring (bicyclic) bond motifs is 5. The summed E-state index contributed by atoms with van der Waals surface area (Å²) in [5, 5.41) is 0. The predicted octanol–water partition coefficient (Wildman–Crippen LogP) is 4.58. The van der Waals surface area contributed by atoms with Gasteiger partial charge in [0.1, 0.15) is 11.6 Å². The highest BCUT2D eigenvalue weighted by Crippen LogP contribution is 2.65. The van der Waals surface area contributed by atoms with Gasteiger partial charge in [-0.05, 0) is 74.0 Å². The van der Waals surface area contributed by atoms with Gasteiger partial charge < -0.3 is 0 Å². The van der Waals surface area contributed by atoms with Crippen LogP contribution in [0.4, 0.5) is 0 Å². The van der Waals surface area contributed by atoms with Crippen LogP contribution in [-0.2, 0) is 9.59 Å². The molecule has 3 saturated carbocycles. The van der Waals surface area contributed by atoms with Crippen LogP contribution in [0.2, 0.25) is 0 Å². The minimum Gasteiger partial charge on any atom is -0.300 e. The smallest absolute Gasteiger partial charge is 0.137 e. The molecular formula is C21H30O2. The molecule has 0 spiro atoms. The first-order chi connectivity index (χ1) is 10.9. The zero-order valence-corrected chi connectivity index (χ0v) is 14.8. The molecule has 7 atom stereocenters. The number of Topliss-reactive ketones (excluding diaryl/α,β-unsaturated/α-hetero) is 2. The molecule has 0 aliphatic heterocycles. The van der Waals surface area contributed by atoms with E-state index in [0.29, 0.717) is 35.7 Å². The highest BCUT2D eigenvalue weighted by Gasteiger charge is 2.63. The Balaban J connectivity index is 1.72. The summed E-state index contributed by atoms with van der Waals surface area (Å²) in [7, 11) is 0. The van der Waals surface area contributed by atoms with Crippen LogP contribution >= 0.6 is 0 Å². The molecule has 2 heteroatoms. The van der Waals surface area contributed by atoms with Crippen molar-refractivity contribution in [3.63, 3.8) is 0 Å². The summed E-state index contributed by atoms with van der Waals surface area (Å²) in [5.41, 5.74) is 0.113.